The highest BCUT2D eigenvalue weighted by atomic mass is 35.5. The summed E-state index contributed by atoms with van der Waals surface area (Å²) in [5, 5.41) is 7.54. The molecule has 5 aromatic rings. The maximum Gasteiger partial charge on any atom is 0.229 e. The Morgan fingerprint density at radius 1 is 0.851 bits per heavy atom. The van der Waals surface area contributed by atoms with Crippen LogP contribution in [0.25, 0.3) is 11.0 Å². The number of nitrogens with one attached hydrogen (secondary N) is 2. The average Bonchev–Trinajstić information content (AvgIpc) is 3.62. The van der Waals surface area contributed by atoms with Gasteiger partial charge in [-0.2, -0.15) is 4.98 Å². The second-order valence-electron chi connectivity index (χ2n) is 10.3. The number of pyridine rings is 1. The summed E-state index contributed by atoms with van der Waals surface area (Å²) in [4.78, 5) is 24.6. The molecule has 0 spiro atoms. The lowest BCUT2D eigenvalue weighted by Gasteiger charge is -2.19. The third kappa shape index (κ3) is 7.95. The summed E-state index contributed by atoms with van der Waals surface area (Å²) in [6.45, 7) is 3.72. The zero-order chi connectivity index (χ0) is 32.6. The first-order valence-electron chi connectivity index (χ1n) is 14.9. The Morgan fingerprint density at radius 2 is 1.64 bits per heavy atom. The number of methoxy groups -OCH3 is 1. The summed E-state index contributed by atoms with van der Waals surface area (Å²) in [5.74, 6) is 2.86. The molecule has 1 aliphatic rings. The van der Waals surface area contributed by atoms with Crippen molar-refractivity contribution < 1.29 is 23.3 Å². The summed E-state index contributed by atoms with van der Waals surface area (Å²) >= 11 is 6.53. The summed E-state index contributed by atoms with van der Waals surface area (Å²) < 4.78 is 28.9. The predicted octanol–water partition coefficient (Wildman–Crippen LogP) is 6.46. The van der Waals surface area contributed by atoms with Crippen molar-refractivity contribution in [3.05, 3.63) is 72.3 Å². The molecule has 13 nitrogen and oxygen atoms in total. The summed E-state index contributed by atoms with van der Waals surface area (Å²) in [7, 11) is 3.27. The molecule has 2 N–H and O–H groups in total. The maximum atomic E-state index is 6.53. The molecule has 1 saturated heterocycles. The number of nitrogens with zero attached hydrogens (tertiary/aromatic N) is 6. The second-order valence-corrected chi connectivity index (χ2v) is 12.4. The van der Waals surface area contributed by atoms with Crippen LogP contribution in [-0.4, -0.2) is 77.4 Å². The fourth-order valence-corrected chi connectivity index (χ4v) is 6.45. The first kappa shape index (κ1) is 32.5. The molecule has 1 aliphatic heterocycles. The van der Waals surface area contributed by atoms with Gasteiger partial charge in [0.2, 0.25) is 20.2 Å². The van der Waals surface area contributed by atoms with Crippen molar-refractivity contribution in [3.63, 3.8) is 0 Å². The molecule has 0 amide bonds. The monoisotopic (exact) mass is 676 g/mol. The third-order valence-corrected chi connectivity index (χ3v) is 9.10. The lowest BCUT2D eigenvalue weighted by Crippen LogP contribution is -2.25. The van der Waals surface area contributed by atoms with Crippen LogP contribution in [-0.2, 0) is 9.05 Å². The van der Waals surface area contributed by atoms with Gasteiger partial charge in [0.05, 0.1) is 35.5 Å². The number of fused-ring (bicyclic) bond motifs is 1. The van der Waals surface area contributed by atoms with Gasteiger partial charge in [-0.05, 0) is 56.3 Å². The first-order chi connectivity index (χ1) is 23.0. The number of benzene rings is 2. The standard InChI is InChI=1S/C32H34ClN8O5P/c1-42-27-18-21(46-22-10-11-35-28(19-22)45-17-16-41-14-4-5-15-41)6-7-24(27)39-32-37-20-23(33)31(40-32)38-26-9-8-25-29(36-13-12-34-25)30(26)47(43-2)44-3/h6-13,18-20H,4-5,14-17H2,1-3H3,(H2,37,38,39,40). The topological polar surface area (TPSA) is 138 Å². The molecule has 4 heterocycles. The van der Waals surface area contributed by atoms with Crippen LogP contribution in [0.1, 0.15) is 12.8 Å². The van der Waals surface area contributed by atoms with E-state index in [1.54, 1.807) is 58.1 Å². The molecule has 1 fully saturated rings. The van der Waals surface area contributed by atoms with E-state index in [9.17, 15) is 0 Å². The summed E-state index contributed by atoms with van der Waals surface area (Å²) in [6.07, 6.45) is 8.93. The van der Waals surface area contributed by atoms with Gasteiger partial charge < -0.3 is 33.9 Å². The normalized spacial score (nSPS) is 13.2. The minimum atomic E-state index is -1.47. The number of halogens is 1. The Kier molecular flexibility index (Phi) is 10.7. The van der Waals surface area contributed by atoms with Crippen LogP contribution in [0.3, 0.4) is 0 Å². The molecule has 0 bridgehead atoms. The lowest BCUT2D eigenvalue weighted by molar-refractivity contribution is 0.231. The predicted molar refractivity (Wildman–Crippen MR) is 182 cm³/mol. The molecular weight excluding hydrogens is 643 g/mol. The van der Waals surface area contributed by atoms with Crippen molar-refractivity contribution in [2.24, 2.45) is 0 Å². The number of likely N-dealkylation sites (tertiary alicyclic amines) is 1. The molecule has 0 radical (unpaired) electrons. The molecular formula is C32H34ClN8O5P. The van der Waals surface area contributed by atoms with Crippen molar-refractivity contribution >= 4 is 59.5 Å². The van der Waals surface area contributed by atoms with E-state index in [0.29, 0.717) is 68.3 Å². The molecule has 0 aliphatic carbocycles. The van der Waals surface area contributed by atoms with E-state index >= 15 is 0 Å². The zero-order valence-electron chi connectivity index (χ0n) is 26.1. The minimum absolute atomic E-state index is 0.289. The average molecular weight is 677 g/mol. The van der Waals surface area contributed by atoms with E-state index < -0.39 is 8.38 Å². The fraction of sp³-hybridized carbons (Fsp3) is 0.281. The largest absolute Gasteiger partial charge is 0.494 e. The highest BCUT2D eigenvalue weighted by molar-refractivity contribution is 7.57. The van der Waals surface area contributed by atoms with Gasteiger partial charge in [0, 0.05) is 51.5 Å². The van der Waals surface area contributed by atoms with E-state index in [-0.39, 0.29) is 5.95 Å². The van der Waals surface area contributed by atoms with Gasteiger partial charge in [-0.25, -0.2) is 9.97 Å². The van der Waals surface area contributed by atoms with Crippen molar-refractivity contribution in [3.8, 4) is 23.1 Å². The Hall–Kier alpha value is -4.39. The maximum absolute atomic E-state index is 6.53. The van der Waals surface area contributed by atoms with Crippen LogP contribution in [0.5, 0.6) is 23.1 Å². The SMILES string of the molecule is COc1cc(Oc2ccnc(OCCN3CCCC3)c2)ccc1Nc1ncc(Cl)c(Nc2ccc3nccnc3c2P(OC)OC)n1. The van der Waals surface area contributed by atoms with Crippen molar-refractivity contribution in [1.82, 2.24) is 29.8 Å². The lowest BCUT2D eigenvalue weighted by atomic mass is 10.2. The number of aromatic nitrogens is 5. The Labute approximate surface area is 278 Å². The Bertz CT molecular complexity index is 1830. The molecule has 0 unspecified atom stereocenters. The Balaban J connectivity index is 1.17. The number of hydrogen-bond donors (Lipinski definition) is 2. The van der Waals surface area contributed by atoms with Crippen LogP contribution in [0.2, 0.25) is 5.02 Å². The van der Waals surface area contributed by atoms with Crippen molar-refractivity contribution in [2.45, 2.75) is 12.8 Å². The number of rotatable bonds is 14. The highest BCUT2D eigenvalue weighted by Gasteiger charge is 2.22. The molecule has 2 aromatic carbocycles. The molecule has 0 atom stereocenters. The van der Waals surface area contributed by atoms with E-state index in [1.165, 1.54) is 19.0 Å². The van der Waals surface area contributed by atoms with Crippen LogP contribution in [0.4, 0.5) is 23.1 Å². The molecule has 47 heavy (non-hydrogen) atoms. The van der Waals surface area contributed by atoms with Gasteiger partial charge in [-0.1, -0.05) is 11.6 Å². The Morgan fingerprint density at radius 3 is 2.45 bits per heavy atom. The molecule has 0 saturated carbocycles. The van der Waals surface area contributed by atoms with Crippen molar-refractivity contribution in [1.29, 1.82) is 0 Å². The summed E-state index contributed by atoms with van der Waals surface area (Å²) in [6, 6.07) is 12.7. The first-order valence-corrected chi connectivity index (χ1v) is 16.5. The molecule has 3 aromatic heterocycles. The van der Waals surface area contributed by atoms with Crippen molar-refractivity contribution in [2.75, 3.05) is 58.2 Å². The van der Waals surface area contributed by atoms with Gasteiger partial charge >= 0.3 is 0 Å². The smallest absolute Gasteiger partial charge is 0.229 e. The van der Waals surface area contributed by atoms with E-state index in [4.69, 9.17) is 34.9 Å². The van der Waals surface area contributed by atoms with E-state index in [0.717, 1.165) is 19.6 Å². The number of ether oxygens (including phenoxy) is 3. The van der Waals surface area contributed by atoms with Crippen LogP contribution in [0.15, 0.2) is 67.3 Å². The van der Waals surface area contributed by atoms with Gasteiger partial charge in [-0.15, -0.1) is 0 Å². The number of hydrogen-bond acceptors (Lipinski definition) is 13. The van der Waals surface area contributed by atoms with Gasteiger partial charge in [0.25, 0.3) is 0 Å². The highest BCUT2D eigenvalue weighted by Crippen LogP contribution is 2.41. The van der Waals surface area contributed by atoms with Gasteiger partial charge in [0.1, 0.15) is 34.4 Å². The van der Waals surface area contributed by atoms with Gasteiger partial charge in [-0.3, -0.25) is 14.9 Å². The summed E-state index contributed by atoms with van der Waals surface area (Å²) in [5.41, 5.74) is 2.64. The quantitative estimate of drug-likeness (QED) is 0.125. The molecule has 15 heteroatoms. The minimum Gasteiger partial charge on any atom is -0.494 e. The molecule has 244 valence electrons. The van der Waals surface area contributed by atoms with Gasteiger partial charge in [0.15, 0.2) is 5.82 Å². The van der Waals surface area contributed by atoms with Crippen LogP contribution in [0, 0.1) is 0 Å². The fourth-order valence-electron chi connectivity index (χ4n) is 5.12. The number of anilines is 4. The third-order valence-electron chi connectivity index (χ3n) is 7.34. The second kappa shape index (κ2) is 15.5. The van der Waals surface area contributed by atoms with E-state index in [1.807, 2.05) is 24.3 Å². The van der Waals surface area contributed by atoms with Crippen LogP contribution < -0.4 is 30.1 Å². The van der Waals surface area contributed by atoms with E-state index in [2.05, 4.69) is 40.5 Å². The zero-order valence-corrected chi connectivity index (χ0v) is 27.8. The van der Waals surface area contributed by atoms with Crippen LogP contribution >= 0.6 is 20.0 Å². The molecule has 6 rings (SSSR count).